The second kappa shape index (κ2) is 4.58. The Kier molecular flexibility index (Phi) is 3.19. The van der Waals surface area contributed by atoms with E-state index in [4.69, 9.17) is 9.31 Å². The second-order valence-electron chi connectivity index (χ2n) is 7.07. The first-order valence-corrected chi connectivity index (χ1v) is 7.53. The normalized spacial score (nSPS) is 20.6. The van der Waals surface area contributed by atoms with Crippen LogP contribution in [0.25, 0.3) is 10.9 Å². The van der Waals surface area contributed by atoms with Crippen LogP contribution in [0.1, 0.15) is 47.6 Å². The molecular weight excluding hydrogens is 263 g/mol. The second-order valence-corrected chi connectivity index (χ2v) is 7.07. The fourth-order valence-electron chi connectivity index (χ4n) is 2.71. The quantitative estimate of drug-likeness (QED) is 0.796. The fraction of sp³-hybridized carbons (Fsp3) is 0.562. The highest BCUT2D eigenvalue weighted by atomic mass is 16.7. The van der Waals surface area contributed by atoms with Crippen LogP contribution < -0.4 is 5.46 Å². The van der Waals surface area contributed by atoms with Gasteiger partial charge in [0.2, 0.25) is 0 Å². The molecule has 3 heterocycles. The number of pyridine rings is 1. The van der Waals surface area contributed by atoms with Crippen molar-refractivity contribution < 1.29 is 9.31 Å². The van der Waals surface area contributed by atoms with Crippen LogP contribution in [0.4, 0.5) is 0 Å². The molecule has 0 bridgehead atoms. The summed E-state index contributed by atoms with van der Waals surface area (Å²) in [5, 5.41) is 1.15. The van der Waals surface area contributed by atoms with Gasteiger partial charge >= 0.3 is 7.12 Å². The molecule has 0 aromatic carbocycles. The molecule has 1 aliphatic heterocycles. The minimum atomic E-state index is -0.333. The van der Waals surface area contributed by atoms with E-state index in [0.29, 0.717) is 6.04 Å². The van der Waals surface area contributed by atoms with Gasteiger partial charge in [-0.25, -0.2) is 0 Å². The molecule has 2 aromatic rings. The Morgan fingerprint density at radius 1 is 1.14 bits per heavy atom. The molecule has 0 spiro atoms. The highest BCUT2D eigenvalue weighted by Gasteiger charge is 2.52. The van der Waals surface area contributed by atoms with E-state index in [-0.39, 0.29) is 18.3 Å². The molecule has 0 amide bonds. The molecule has 21 heavy (non-hydrogen) atoms. The Morgan fingerprint density at radius 3 is 2.33 bits per heavy atom. The molecule has 0 unspecified atom stereocenters. The van der Waals surface area contributed by atoms with Gasteiger partial charge in [0.1, 0.15) is 0 Å². The van der Waals surface area contributed by atoms with Crippen molar-refractivity contribution in [3.8, 4) is 0 Å². The minimum absolute atomic E-state index is 0.322. The van der Waals surface area contributed by atoms with E-state index in [0.717, 1.165) is 16.4 Å². The summed E-state index contributed by atoms with van der Waals surface area (Å²) < 4.78 is 14.6. The molecule has 0 saturated carbocycles. The molecular formula is C16H23BN2O2. The van der Waals surface area contributed by atoms with Crippen LogP contribution in [-0.2, 0) is 9.31 Å². The summed E-state index contributed by atoms with van der Waals surface area (Å²) in [7, 11) is -0.333. The Labute approximate surface area is 126 Å². The third kappa shape index (κ3) is 2.19. The van der Waals surface area contributed by atoms with Gasteiger partial charge in [0.15, 0.2) is 0 Å². The Bertz CT molecular complexity index is 660. The van der Waals surface area contributed by atoms with Crippen LogP contribution in [0.15, 0.2) is 24.7 Å². The summed E-state index contributed by atoms with van der Waals surface area (Å²) in [6.07, 6.45) is 5.87. The summed E-state index contributed by atoms with van der Waals surface area (Å²) in [5.41, 5.74) is 1.56. The lowest BCUT2D eigenvalue weighted by Crippen LogP contribution is -2.41. The van der Waals surface area contributed by atoms with Crippen molar-refractivity contribution in [1.29, 1.82) is 0 Å². The van der Waals surface area contributed by atoms with Crippen molar-refractivity contribution in [1.82, 2.24) is 9.55 Å². The molecule has 0 atom stereocenters. The van der Waals surface area contributed by atoms with Crippen molar-refractivity contribution in [3.63, 3.8) is 0 Å². The zero-order valence-electron chi connectivity index (χ0n) is 13.7. The smallest absolute Gasteiger partial charge is 0.399 e. The number of rotatable bonds is 2. The van der Waals surface area contributed by atoms with Crippen LogP contribution in [0.3, 0.4) is 0 Å². The average molecular weight is 286 g/mol. The number of hydrogen-bond donors (Lipinski definition) is 0. The van der Waals surface area contributed by atoms with Gasteiger partial charge in [-0.1, -0.05) is 0 Å². The van der Waals surface area contributed by atoms with Gasteiger partial charge in [-0.3, -0.25) is 4.98 Å². The standard InChI is InChI=1S/C16H23BN2O2/c1-11(2)19-10-13(12-7-8-18-9-14(12)19)17-20-15(3,4)16(5,6)21-17/h7-11H,1-6H3. The predicted octanol–water partition coefficient (Wildman–Crippen LogP) is 2.92. The van der Waals surface area contributed by atoms with E-state index in [1.54, 1.807) is 0 Å². The monoisotopic (exact) mass is 286 g/mol. The molecule has 112 valence electrons. The largest absolute Gasteiger partial charge is 0.497 e. The van der Waals surface area contributed by atoms with Gasteiger partial charge in [0.05, 0.1) is 22.9 Å². The number of hydrogen-bond acceptors (Lipinski definition) is 3. The molecule has 1 fully saturated rings. The zero-order valence-corrected chi connectivity index (χ0v) is 13.7. The van der Waals surface area contributed by atoms with E-state index < -0.39 is 0 Å². The maximum Gasteiger partial charge on any atom is 0.497 e. The Balaban J connectivity index is 2.10. The van der Waals surface area contributed by atoms with Crippen molar-refractivity contribution in [3.05, 3.63) is 24.7 Å². The third-order valence-electron chi connectivity index (χ3n) is 4.73. The highest BCUT2D eigenvalue weighted by molar-refractivity contribution is 6.65. The maximum atomic E-state index is 6.20. The van der Waals surface area contributed by atoms with E-state index >= 15 is 0 Å². The number of nitrogens with zero attached hydrogens (tertiary/aromatic N) is 2. The SMILES string of the molecule is CC(C)n1cc(B2OC(C)(C)C(C)(C)O2)c2ccncc21. The molecule has 1 saturated heterocycles. The van der Waals surface area contributed by atoms with Crippen molar-refractivity contribution in [2.45, 2.75) is 58.8 Å². The number of fused-ring (bicyclic) bond motifs is 1. The lowest BCUT2D eigenvalue weighted by molar-refractivity contribution is 0.00578. The van der Waals surface area contributed by atoms with Gasteiger partial charge in [0, 0.05) is 29.3 Å². The van der Waals surface area contributed by atoms with Gasteiger partial charge in [-0.2, -0.15) is 0 Å². The van der Waals surface area contributed by atoms with Crippen LogP contribution in [0, 0.1) is 0 Å². The first-order chi connectivity index (χ1) is 9.73. The summed E-state index contributed by atoms with van der Waals surface area (Å²) in [6.45, 7) is 12.7. The maximum absolute atomic E-state index is 6.20. The Morgan fingerprint density at radius 2 is 1.76 bits per heavy atom. The average Bonchev–Trinajstić information content (AvgIpc) is 2.85. The predicted molar refractivity (Wildman–Crippen MR) is 85.8 cm³/mol. The molecule has 5 heteroatoms. The molecule has 0 N–H and O–H groups in total. The number of aromatic nitrogens is 2. The van der Waals surface area contributed by atoms with Gasteiger partial charge in [0.25, 0.3) is 0 Å². The first-order valence-electron chi connectivity index (χ1n) is 7.53. The van der Waals surface area contributed by atoms with Gasteiger partial charge < -0.3 is 13.9 Å². The van der Waals surface area contributed by atoms with E-state index in [2.05, 4.69) is 57.3 Å². The molecule has 2 aromatic heterocycles. The van der Waals surface area contributed by atoms with Crippen molar-refractivity contribution in [2.24, 2.45) is 0 Å². The summed E-state index contributed by atoms with van der Waals surface area (Å²) in [6, 6.07) is 2.40. The van der Waals surface area contributed by atoms with Crippen LogP contribution in [-0.4, -0.2) is 27.9 Å². The van der Waals surface area contributed by atoms with Crippen molar-refractivity contribution >= 4 is 23.5 Å². The molecule has 3 rings (SSSR count). The lowest BCUT2D eigenvalue weighted by atomic mass is 9.79. The Hall–Kier alpha value is -1.33. The molecule has 4 nitrogen and oxygen atoms in total. The molecule has 0 aliphatic carbocycles. The third-order valence-corrected chi connectivity index (χ3v) is 4.73. The first kappa shape index (κ1) is 14.6. The molecule has 1 aliphatic rings. The summed E-state index contributed by atoms with van der Waals surface area (Å²) in [4.78, 5) is 4.25. The van der Waals surface area contributed by atoms with Crippen LogP contribution in [0.5, 0.6) is 0 Å². The minimum Gasteiger partial charge on any atom is -0.399 e. The van der Waals surface area contributed by atoms with Gasteiger partial charge in [-0.05, 0) is 47.6 Å². The molecule has 0 radical (unpaired) electrons. The zero-order chi connectivity index (χ0) is 15.4. The summed E-state index contributed by atoms with van der Waals surface area (Å²) in [5.74, 6) is 0. The van der Waals surface area contributed by atoms with Crippen molar-refractivity contribution in [2.75, 3.05) is 0 Å². The van der Waals surface area contributed by atoms with Crippen LogP contribution in [0.2, 0.25) is 0 Å². The van der Waals surface area contributed by atoms with Crippen LogP contribution >= 0.6 is 0 Å². The topological polar surface area (TPSA) is 36.3 Å². The van der Waals surface area contributed by atoms with Gasteiger partial charge in [-0.15, -0.1) is 0 Å². The van der Waals surface area contributed by atoms with E-state index in [1.807, 2.05) is 18.5 Å². The van der Waals surface area contributed by atoms with E-state index in [1.165, 1.54) is 0 Å². The van der Waals surface area contributed by atoms with E-state index in [9.17, 15) is 0 Å². The lowest BCUT2D eigenvalue weighted by Gasteiger charge is -2.32. The highest BCUT2D eigenvalue weighted by Crippen LogP contribution is 2.37. The fourth-order valence-corrected chi connectivity index (χ4v) is 2.71. The summed E-state index contributed by atoms with van der Waals surface area (Å²) >= 11 is 0.